The highest BCUT2D eigenvalue weighted by Crippen LogP contribution is 2.50. The summed E-state index contributed by atoms with van der Waals surface area (Å²) in [6, 6.07) is 4.24. The number of benzene rings is 1. The second-order valence-electron chi connectivity index (χ2n) is 4.47. The lowest BCUT2D eigenvalue weighted by atomic mass is 10.2. The van der Waals surface area contributed by atoms with Crippen LogP contribution in [0, 0.1) is 0 Å². The van der Waals surface area contributed by atoms with Crippen molar-refractivity contribution >= 4 is 35.3 Å². The number of alkyl halides is 5. The Hall–Kier alpha value is -0.310. The summed E-state index contributed by atoms with van der Waals surface area (Å²) in [5.74, 6) is 0.538. The Bertz CT molecular complexity index is 570. The van der Waals surface area contributed by atoms with Crippen LogP contribution in [0.4, 0.5) is 22.0 Å². The first-order chi connectivity index (χ1) is 10.5. The number of halogens is 6. The molecule has 0 spiro atoms. The van der Waals surface area contributed by atoms with Gasteiger partial charge in [0.1, 0.15) is 5.75 Å². The highest BCUT2D eigenvalue weighted by molar-refractivity contribution is 9.10. The molecule has 1 N–H and O–H groups in total. The van der Waals surface area contributed by atoms with Gasteiger partial charge in [-0.3, -0.25) is 0 Å². The first-order valence-electron chi connectivity index (χ1n) is 6.24. The molecule has 0 saturated heterocycles. The van der Waals surface area contributed by atoms with Crippen LogP contribution in [0.3, 0.4) is 0 Å². The Morgan fingerprint density at radius 2 is 2.00 bits per heavy atom. The molecule has 0 aliphatic rings. The van der Waals surface area contributed by atoms with E-state index < -0.39 is 26.4 Å². The lowest BCUT2D eigenvalue weighted by Crippen LogP contribution is -2.06. The summed E-state index contributed by atoms with van der Waals surface area (Å²) in [6.07, 6.45) is -8.50. The van der Waals surface area contributed by atoms with Crippen LogP contribution in [-0.4, -0.2) is 23.0 Å². The van der Waals surface area contributed by atoms with Crippen molar-refractivity contribution in [2.75, 3.05) is 5.75 Å². The molecule has 0 fully saturated rings. The summed E-state index contributed by atoms with van der Waals surface area (Å²) in [5.41, 5.74) is 0.714. The van der Waals surface area contributed by atoms with E-state index in [-0.39, 0.29) is 16.6 Å². The maximum absolute atomic E-state index is 12.3. The number of thioether (sulfide) groups is 1. The van der Waals surface area contributed by atoms with E-state index in [9.17, 15) is 26.5 Å². The third kappa shape index (κ3) is 7.87. The standard InChI is InChI=1S/C12H13BrF5O3PS/c13-9-6-8(7-23-5-1-4-12(16,17)18)2-3-10(9)21-22(19,20)11(14)15/h2-3,6,11H,1,4-5,7H2,(H,19,20). The molecule has 0 saturated carbocycles. The molecular weight excluding hydrogens is 430 g/mol. The van der Waals surface area contributed by atoms with Gasteiger partial charge in [-0.05, 0) is 45.8 Å². The topological polar surface area (TPSA) is 46.5 Å². The fourth-order valence-corrected chi connectivity index (χ4v) is 3.51. The van der Waals surface area contributed by atoms with Gasteiger partial charge in [-0.15, -0.1) is 0 Å². The van der Waals surface area contributed by atoms with E-state index in [0.29, 0.717) is 17.1 Å². The highest BCUT2D eigenvalue weighted by atomic mass is 79.9. The Morgan fingerprint density at radius 3 is 2.52 bits per heavy atom. The van der Waals surface area contributed by atoms with E-state index in [0.717, 1.165) is 0 Å². The molecule has 1 atom stereocenters. The van der Waals surface area contributed by atoms with Crippen molar-refractivity contribution in [2.24, 2.45) is 0 Å². The summed E-state index contributed by atoms with van der Waals surface area (Å²) in [4.78, 5) is 8.97. The van der Waals surface area contributed by atoms with Gasteiger partial charge < -0.3 is 9.42 Å². The summed E-state index contributed by atoms with van der Waals surface area (Å²) < 4.78 is 76.2. The van der Waals surface area contributed by atoms with E-state index in [4.69, 9.17) is 4.89 Å². The molecule has 11 heteroatoms. The lowest BCUT2D eigenvalue weighted by Gasteiger charge is -2.14. The number of hydrogen-bond acceptors (Lipinski definition) is 3. The third-order valence-corrected chi connectivity index (χ3v) is 5.18. The predicted octanol–water partition coefficient (Wildman–Crippen LogP) is 5.81. The van der Waals surface area contributed by atoms with Gasteiger partial charge in [0, 0.05) is 12.2 Å². The second kappa shape index (κ2) is 8.69. The van der Waals surface area contributed by atoms with Crippen LogP contribution in [-0.2, 0) is 10.3 Å². The van der Waals surface area contributed by atoms with Gasteiger partial charge in [-0.2, -0.15) is 33.7 Å². The van der Waals surface area contributed by atoms with Gasteiger partial charge in [-0.1, -0.05) is 6.07 Å². The molecule has 0 aromatic heterocycles. The van der Waals surface area contributed by atoms with E-state index in [1.54, 1.807) is 0 Å². The minimum Gasteiger partial charge on any atom is -0.420 e. The normalized spacial score (nSPS) is 14.8. The minimum absolute atomic E-state index is 0.0125. The van der Waals surface area contributed by atoms with Crippen LogP contribution in [0.15, 0.2) is 22.7 Å². The van der Waals surface area contributed by atoms with Crippen molar-refractivity contribution in [3.63, 3.8) is 0 Å². The Morgan fingerprint density at radius 1 is 1.35 bits per heavy atom. The van der Waals surface area contributed by atoms with Crippen LogP contribution in [0.2, 0.25) is 0 Å². The fourth-order valence-electron chi connectivity index (χ4n) is 1.45. The molecule has 0 heterocycles. The van der Waals surface area contributed by atoms with Crippen LogP contribution >= 0.6 is 35.3 Å². The van der Waals surface area contributed by atoms with E-state index in [1.165, 1.54) is 30.0 Å². The quantitative estimate of drug-likeness (QED) is 0.313. The molecule has 1 aromatic carbocycles. The molecule has 1 aromatic rings. The molecule has 132 valence electrons. The summed E-state index contributed by atoms with van der Waals surface area (Å²) >= 11 is 4.33. The Kier molecular flexibility index (Phi) is 7.83. The molecule has 0 aliphatic carbocycles. The van der Waals surface area contributed by atoms with Gasteiger partial charge in [0.05, 0.1) is 4.47 Å². The second-order valence-corrected chi connectivity index (χ2v) is 8.13. The summed E-state index contributed by atoms with van der Waals surface area (Å²) in [7, 11) is -5.05. The smallest absolute Gasteiger partial charge is 0.420 e. The molecular formula is C12H13BrF5O3PS. The van der Waals surface area contributed by atoms with E-state index >= 15 is 0 Å². The van der Waals surface area contributed by atoms with Gasteiger partial charge in [0.25, 0.3) is 0 Å². The lowest BCUT2D eigenvalue weighted by molar-refractivity contribution is -0.134. The fraction of sp³-hybridized carbons (Fsp3) is 0.500. The van der Waals surface area contributed by atoms with Gasteiger partial charge >= 0.3 is 19.9 Å². The van der Waals surface area contributed by atoms with E-state index in [2.05, 4.69) is 20.5 Å². The minimum atomic E-state index is -5.05. The molecule has 1 rings (SSSR count). The molecule has 23 heavy (non-hydrogen) atoms. The molecule has 0 amide bonds. The predicted molar refractivity (Wildman–Crippen MR) is 82.1 cm³/mol. The molecule has 0 bridgehead atoms. The summed E-state index contributed by atoms with van der Waals surface area (Å²) in [5, 5.41) is 0. The number of hydrogen-bond donors (Lipinski definition) is 1. The van der Waals surface area contributed by atoms with Gasteiger partial charge in [0.2, 0.25) is 0 Å². The Labute approximate surface area is 142 Å². The van der Waals surface area contributed by atoms with Crippen molar-refractivity contribution in [1.82, 2.24) is 0 Å². The van der Waals surface area contributed by atoms with Crippen molar-refractivity contribution in [3.05, 3.63) is 28.2 Å². The SMILES string of the molecule is O=P(O)(Oc1ccc(CSCCCC(F)(F)F)cc1Br)C(F)F. The monoisotopic (exact) mass is 442 g/mol. The largest absolute Gasteiger partial charge is 0.442 e. The molecule has 1 unspecified atom stereocenters. The zero-order chi connectivity index (χ0) is 17.7. The van der Waals surface area contributed by atoms with Crippen molar-refractivity contribution in [1.29, 1.82) is 0 Å². The number of rotatable bonds is 8. The van der Waals surface area contributed by atoms with Gasteiger partial charge in [-0.25, -0.2) is 4.57 Å². The zero-order valence-corrected chi connectivity index (χ0v) is 14.8. The highest BCUT2D eigenvalue weighted by Gasteiger charge is 2.34. The molecule has 0 aliphatic heterocycles. The average molecular weight is 443 g/mol. The van der Waals surface area contributed by atoms with Crippen molar-refractivity contribution in [3.8, 4) is 5.75 Å². The first-order valence-corrected chi connectivity index (χ1v) is 9.84. The van der Waals surface area contributed by atoms with Crippen LogP contribution < -0.4 is 4.52 Å². The zero-order valence-electron chi connectivity index (χ0n) is 11.5. The molecule has 0 radical (unpaired) electrons. The van der Waals surface area contributed by atoms with Crippen LogP contribution in [0.1, 0.15) is 18.4 Å². The summed E-state index contributed by atoms with van der Waals surface area (Å²) in [6.45, 7) is 0. The van der Waals surface area contributed by atoms with E-state index in [1.807, 2.05) is 0 Å². The van der Waals surface area contributed by atoms with Crippen LogP contribution in [0.25, 0.3) is 0 Å². The van der Waals surface area contributed by atoms with Gasteiger partial charge in [0.15, 0.2) is 0 Å². The van der Waals surface area contributed by atoms with Crippen LogP contribution in [0.5, 0.6) is 5.75 Å². The maximum atomic E-state index is 12.3. The Balaban J connectivity index is 2.52. The van der Waals surface area contributed by atoms with Crippen molar-refractivity contribution in [2.45, 2.75) is 30.9 Å². The molecule has 3 nitrogen and oxygen atoms in total. The van der Waals surface area contributed by atoms with Crippen molar-refractivity contribution < 1.29 is 35.9 Å². The maximum Gasteiger partial charge on any atom is 0.442 e. The average Bonchev–Trinajstić information content (AvgIpc) is 2.39. The third-order valence-electron chi connectivity index (χ3n) is 2.49. The first kappa shape index (κ1) is 20.7.